The number of hydrogen-bond donors (Lipinski definition) is 1. The first kappa shape index (κ1) is 11.3. The normalized spacial score (nSPS) is 18.0. The average Bonchev–Trinajstić information content (AvgIpc) is 2.38. The third-order valence-electron chi connectivity index (χ3n) is 3.62. The molecule has 1 atom stereocenters. The number of nitrogens with one attached hydrogen (secondary N) is 1. The van der Waals surface area contributed by atoms with E-state index in [0.717, 1.165) is 18.7 Å². The van der Waals surface area contributed by atoms with Crippen molar-refractivity contribution in [2.45, 2.75) is 19.3 Å². The van der Waals surface area contributed by atoms with Crippen LogP contribution in [-0.2, 0) is 0 Å². The first-order valence-electron chi connectivity index (χ1n) is 6.34. The molecule has 2 aromatic rings. The van der Waals surface area contributed by atoms with Gasteiger partial charge in [-0.2, -0.15) is 0 Å². The molecule has 1 aliphatic heterocycles. The summed E-state index contributed by atoms with van der Waals surface area (Å²) < 4.78 is 13.2. The van der Waals surface area contributed by atoms with E-state index in [1.165, 1.54) is 16.7 Å². The minimum atomic E-state index is -0.175. The molecule has 18 heavy (non-hydrogen) atoms. The van der Waals surface area contributed by atoms with Gasteiger partial charge in [-0.1, -0.05) is 35.9 Å². The van der Waals surface area contributed by atoms with Gasteiger partial charge in [0.05, 0.1) is 0 Å². The van der Waals surface area contributed by atoms with Gasteiger partial charge in [-0.3, -0.25) is 0 Å². The topological polar surface area (TPSA) is 12.0 Å². The second-order valence-electron chi connectivity index (χ2n) is 4.91. The van der Waals surface area contributed by atoms with Crippen molar-refractivity contribution in [3.05, 3.63) is 65.0 Å². The van der Waals surface area contributed by atoms with Crippen LogP contribution in [0.5, 0.6) is 0 Å². The molecule has 0 bridgehead atoms. The molecule has 0 fully saturated rings. The second-order valence-corrected chi connectivity index (χ2v) is 4.91. The fourth-order valence-corrected chi connectivity index (χ4v) is 2.64. The smallest absolute Gasteiger partial charge is 0.125 e. The molecular formula is C16H16FN. The van der Waals surface area contributed by atoms with E-state index in [0.29, 0.717) is 5.92 Å². The second kappa shape index (κ2) is 4.45. The van der Waals surface area contributed by atoms with Crippen LogP contribution in [0.4, 0.5) is 10.1 Å². The van der Waals surface area contributed by atoms with Gasteiger partial charge in [0.2, 0.25) is 0 Å². The maximum absolute atomic E-state index is 13.2. The Balaban J connectivity index is 2.03. The summed E-state index contributed by atoms with van der Waals surface area (Å²) in [7, 11) is 0. The molecule has 0 radical (unpaired) electrons. The summed E-state index contributed by atoms with van der Waals surface area (Å²) in [5.41, 5.74) is 4.72. The van der Waals surface area contributed by atoms with Crippen LogP contribution >= 0.6 is 0 Å². The quantitative estimate of drug-likeness (QED) is 0.793. The van der Waals surface area contributed by atoms with Gasteiger partial charge in [0, 0.05) is 18.2 Å². The van der Waals surface area contributed by atoms with Crippen molar-refractivity contribution in [2.75, 3.05) is 11.9 Å². The van der Waals surface area contributed by atoms with Crippen LogP contribution in [-0.4, -0.2) is 6.54 Å². The van der Waals surface area contributed by atoms with Gasteiger partial charge >= 0.3 is 0 Å². The van der Waals surface area contributed by atoms with Crippen molar-refractivity contribution in [3.8, 4) is 0 Å². The van der Waals surface area contributed by atoms with E-state index in [9.17, 15) is 4.39 Å². The van der Waals surface area contributed by atoms with Crippen molar-refractivity contribution < 1.29 is 4.39 Å². The van der Waals surface area contributed by atoms with Crippen LogP contribution in [0.1, 0.15) is 29.0 Å². The third kappa shape index (κ3) is 1.99. The van der Waals surface area contributed by atoms with E-state index in [-0.39, 0.29) is 5.82 Å². The zero-order chi connectivity index (χ0) is 12.5. The number of halogens is 1. The van der Waals surface area contributed by atoms with E-state index in [1.54, 1.807) is 12.1 Å². The minimum absolute atomic E-state index is 0.175. The molecule has 1 heterocycles. The van der Waals surface area contributed by atoms with Gasteiger partial charge in [-0.05, 0) is 36.6 Å². The summed E-state index contributed by atoms with van der Waals surface area (Å²) in [5.74, 6) is 0.202. The fourth-order valence-electron chi connectivity index (χ4n) is 2.64. The maximum Gasteiger partial charge on any atom is 0.125 e. The van der Waals surface area contributed by atoms with Crippen LogP contribution in [0, 0.1) is 12.7 Å². The average molecular weight is 241 g/mol. The minimum Gasteiger partial charge on any atom is -0.385 e. The lowest BCUT2D eigenvalue weighted by molar-refractivity contribution is 0.623. The van der Waals surface area contributed by atoms with Crippen LogP contribution in [0.25, 0.3) is 0 Å². The van der Waals surface area contributed by atoms with Crippen LogP contribution in [0.15, 0.2) is 42.5 Å². The van der Waals surface area contributed by atoms with Crippen molar-refractivity contribution in [1.29, 1.82) is 0 Å². The molecule has 0 saturated heterocycles. The summed E-state index contributed by atoms with van der Waals surface area (Å²) in [5, 5.41) is 3.27. The van der Waals surface area contributed by atoms with Gasteiger partial charge < -0.3 is 5.32 Å². The van der Waals surface area contributed by atoms with Crippen molar-refractivity contribution in [2.24, 2.45) is 0 Å². The van der Waals surface area contributed by atoms with Gasteiger partial charge in [0.25, 0.3) is 0 Å². The standard InChI is InChI=1S/C16H16FN/c1-11-2-4-12(5-3-11)14-8-9-18-16-10-13(17)6-7-15(14)16/h2-7,10,14,18H,8-9H2,1H3. The molecule has 0 saturated carbocycles. The summed E-state index contributed by atoms with van der Waals surface area (Å²) in [6, 6.07) is 13.7. The lowest BCUT2D eigenvalue weighted by Gasteiger charge is -2.27. The van der Waals surface area contributed by atoms with E-state index >= 15 is 0 Å². The zero-order valence-corrected chi connectivity index (χ0v) is 10.4. The highest BCUT2D eigenvalue weighted by molar-refractivity contribution is 5.57. The summed E-state index contributed by atoms with van der Waals surface area (Å²) >= 11 is 0. The molecule has 0 amide bonds. The lowest BCUT2D eigenvalue weighted by Crippen LogP contribution is -2.17. The monoisotopic (exact) mass is 241 g/mol. The van der Waals surface area contributed by atoms with E-state index < -0.39 is 0 Å². The van der Waals surface area contributed by atoms with Crippen LogP contribution in [0.2, 0.25) is 0 Å². The molecule has 2 aromatic carbocycles. The molecule has 92 valence electrons. The summed E-state index contributed by atoms with van der Waals surface area (Å²) in [6.07, 6.45) is 1.06. The summed E-state index contributed by atoms with van der Waals surface area (Å²) in [4.78, 5) is 0. The predicted octanol–water partition coefficient (Wildman–Crippen LogP) is 4.08. The van der Waals surface area contributed by atoms with Crippen LogP contribution in [0.3, 0.4) is 0 Å². The highest BCUT2D eigenvalue weighted by Crippen LogP contribution is 2.36. The molecule has 1 N–H and O–H groups in total. The largest absolute Gasteiger partial charge is 0.385 e. The number of rotatable bonds is 1. The number of hydrogen-bond acceptors (Lipinski definition) is 1. The molecule has 1 aliphatic rings. The summed E-state index contributed by atoms with van der Waals surface area (Å²) in [6.45, 7) is 2.99. The van der Waals surface area contributed by atoms with Crippen molar-refractivity contribution in [1.82, 2.24) is 0 Å². The highest BCUT2D eigenvalue weighted by Gasteiger charge is 2.21. The number of aryl methyl sites for hydroxylation is 1. The predicted molar refractivity (Wildman–Crippen MR) is 72.5 cm³/mol. The Kier molecular flexibility index (Phi) is 2.78. The Morgan fingerprint density at radius 2 is 1.89 bits per heavy atom. The van der Waals surface area contributed by atoms with E-state index in [4.69, 9.17) is 0 Å². The van der Waals surface area contributed by atoms with E-state index in [1.807, 2.05) is 6.07 Å². The maximum atomic E-state index is 13.2. The number of benzene rings is 2. The van der Waals surface area contributed by atoms with Crippen LogP contribution < -0.4 is 5.32 Å². The van der Waals surface area contributed by atoms with Crippen molar-refractivity contribution >= 4 is 5.69 Å². The Hall–Kier alpha value is -1.83. The molecule has 0 spiro atoms. The van der Waals surface area contributed by atoms with Crippen molar-refractivity contribution in [3.63, 3.8) is 0 Å². The fraction of sp³-hybridized carbons (Fsp3) is 0.250. The Labute approximate surface area is 107 Å². The first-order chi connectivity index (χ1) is 8.74. The Morgan fingerprint density at radius 3 is 2.67 bits per heavy atom. The van der Waals surface area contributed by atoms with Gasteiger partial charge in [0.15, 0.2) is 0 Å². The molecule has 0 aliphatic carbocycles. The molecule has 2 heteroatoms. The van der Waals surface area contributed by atoms with Gasteiger partial charge in [-0.15, -0.1) is 0 Å². The Morgan fingerprint density at radius 1 is 1.11 bits per heavy atom. The highest BCUT2D eigenvalue weighted by atomic mass is 19.1. The number of fused-ring (bicyclic) bond motifs is 1. The molecule has 1 nitrogen and oxygen atoms in total. The molecule has 3 rings (SSSR count). The number of anilines is 1. The van der Waals surface area contributed by atoms with E-state index in [2.05, 4.69) is 36.5 Å². The third-order valence-corrected chi connectivity index (χ3v) is 3.62. The van der Waals surface area contributed by atoms with Gasteiger partial charge in [-0.25, -0.2) is 4.39 Å². The zero-order valence-electron chi connectivity index (χ0n) is 10.4. The molecule has 0 aromatic heterocycles. The lowest BCUT2D eigenvalue weighted by atomic mass is 9.85. The molecule has 1 unspecified atom stereocenters. The SMILES string of the molecule is Cc1ccc(C2CCNc3cc(F)ccc32)cc1. The van der Waals surface area contributed by atoms with Gasteiger partial charge in [0.1, 0.15) is 5.82 Å². The Bertz CT molecular complexity index is 560. The first-order valence-corrected chi connectivity index (χ1v) is 6.34. The molecular weight excluding hydrogens is 225 g/mol.